The van der Waals surface area contributed by atoms with E-state index in [9.17, 15) is 0 Å². The third-order valence-corrected chi connectivity index (χ3v) is 3.90. The molecule has 1 nitrogen and oxygen atoms in total. The maximum Gasteiger partial charge on any atom is 0.0400 e. The average Bonchev–Trinajstić information content (AvgIpc) is 2.46. The van der Waals surface area contributed by atoms with Gasteiger partial charge in [-0.15, -0.1) is 0 Å². The van der Waals surface area contributed by atoms with E-state index in [2.05, 4.69) is 83.4 Å². The van der Waals surface area contributed by atoms with Crippen LogP contribution in [0.2, 0.25) is 0 Å². The molecule has 0 aliphatic heterocycles. The molecule has 2 aromatic rings. The van der Waals surface area contributed by atoms with Crippen molar-refractivity contribution in [2.24, 2.45) is 0 Å². The van der Waals surface area contributed by atoms with Crippen LogP contribution in [0.4, 0.5) is 5.69 Å². The van der Waals surface area contributed by atoms with Crippen LogP contribution in [0.15, 0.2) is 48.5 Å². The van der Waals surface area contributed by atoms with Crippen molar-refractivity contribution in [2.75, 3.05) is 5.32 Å². The highest BCUT2D eigenvalue weighted by Crippen LogP contribution is 2.13. The van der Waals surface area contributed by atoms with Gasteiger partial charge in [0.2, 0.25) is 0 Å². The Bertz CT molecular complexity index is 488. The van der Waals surface area contributed by atoms with Crippen molar-refractivity contribution in [3.8, 4) is 0 Å². The average molecular weight is 365 g/mol. The fourth-order valence-electron chi connectivity index (χ4n) is 1.98. The number of nitrogens with one attached hydrogen (secondary N) is 1. The standard InChI is InChI=1S/C17H20IN/c1-2-3-4-14-7-11-17(12-8-14)19-13-15-5-9-16(18)10-6-15/h5-12,19H,2-4,13H2,1H3. The van der Waals surface area contributed by atoms with Gasteiger partial charge in [-0.1, -0.05) is 37.6 Å². The van der Waals surface area contributed by atoms with Crippen LogP contribution in [-0.2, 0) is 13.0 Å². The van der Waals surface area contributed by atoms with Crippen molar-refractivity contribution in [1.82, 2.24) is 0 Å². The van der Waals surface area contributed by atoms with Crippen LogP contribution < -0.4 is 5.32 Å². The Labute approximate surface area is 129 Å². The molecular weight excluding hydrogens is 345 g/mol. The minimum atomic E-state index is 0.880. The van der Waals surface area contributed by atoms with Gasteiger partial charge >= 0.3 is 0 Å². The number of hydrogen-bond donors (Lipinski definition) is 1. The van der Waals surface area contributed by atoms with E-state index in [-0.39, 0.29) is 0 Å². The molecule has 100 valence electrons. The quantitative estimate of drug-likeness (QED) is 0.690. The van der Waals surface area contributed by atoms with E-state index in [1.165, 1.54) is 39.6 Å². The van der Waals surface area contributed by atoms with Crippen LogP contribution in [0.1, 0.15) is 30.9 Å². The summed E-state index contributed by atoms with van der Waals surface area (Å²) in [5, 5.41) is 3.46. The Morgan fingerprint density at radius 1 is 0.895 bits per heavy atom. The Kier molecular flexibility index (Phi) is 5.70. The maximum atomic E-state index is 3.46. The normalized spacial score (nSPS) is 10.4. The first kappa shape index (κ1) is 14.4. The van der Waals surface area contributed by atoms with Gasteiger partial charge in [0.05, 0.1) is 0 Å². The molecule has 0 fully saturated rings. The van der Waals surface area contributed by atoms with E-state index in [0.29, 0.717) is 0 Å². The molecule has 0 spiro atoms. The number of anilines is 1. The van der Waals surface area contributed by atoms with Crippen LogP contribution in [-0.4, -0.2) is 0 Å². The molecule has 1 N–H and O–H groups in total. The number of unbranched alkanes of at least 4 members (excludes halogenated alkanes) is 1. The highest BCUT2D eigenvalue weighted by atomic mass is 127. The van der Waals surface area contributed by atoms with Gasteiger partial charge in [0.25, 0.3) is 0 Å². The first-order valence-corrected chi connectivity index (χ1v) is 7.93. The van der Waals surface area contributed by atoms with Crippen LogP contribution in [0, 0.1) is 3.57 Å². The Morgan fingerprint density at radius 2 is 1.53 bits per heavy atom. The molecule has 0 saturated heterocycles. The molecule has 0 aliphatic carbocycles. The summed E-state index contributed by atoms with van der Waals surface area (Å²) in [6.07, 6.45) is 3.72. The van der Waals surface area contributed by atoms with Crippen LogP contribution in [0.5, 0.6) is 0 Å². The largest absolute Gasteiger partial charge is 0.381 e. The molecule has 0 saturated carbocycles. The lowest BCUT2D eigenvalue weighted by Gasteiger charge is -2.08. The fourth-order valence-corrected chi connectivity index (χ4v) is 2.34. The third kappa shape index (κ3) is 4.86. The van der Waals surface area contributed by atoms with E-state index >= 15 is 0 Å². The zero-order valence-corrected chi connectivity index (χ0v) is 13.5. The summed E-state index contributed by atoms with van der Waals surface area (Å²) < 4.78 is 1.28. The molecule has 0 unspecified atom stereocenters. The lowest BCUT2D eigenvalue weighted by molar-refractivity contribution is 0.795. The first-order valence-electron chi connectivity index (χ1n) is 6.85. The fraction of sp³-hybridized carbons (Fsp3) is 0.294. The monoisotopic (exact) mass is 365 g/mol. The molecule has 0 amide bonds. The molecular formula is C17H20IN. The van der Waals surface area contributed by atoms with Crippen LogP contribution in [0.25, 0.3) is 0 Å². The number of hydrogen-bond acceptors (Lipinski definition) is 1. The second-order valence-corrected chi connectivity index (χ2v) is 6.03. The smallest absolute Gasteiger partial charge is 0.0400 e. The van der Waals surface area contributed by atoms with Gasteiger partial charge in [-0.3, -0.25) is 0 Å². The number of benzene rings is 2. The number of halogens is 1. The maximum absolute atomic E-state index is 3.46. The SMILES string of the molecule is CCCCc1ccc(NCc2ccc(I)cc2)cc1. The second-order valence-electron chi connectivity index (χ2n) is 4.78. The molecule has 0 bridgehead atoms. The lowest BCUT2D eigenvalue weighted by Crippen LogP contribution is -1.99. The molecule has 2 aromatic carbocycles. The Morgan fingerprint density at radius 3 is 2.16 bits per heavy atom. The van der Waals surface area contributed by atoms with Crippen molar-refractivity contribution in [1.29, 1.82) is 0 Å². The van der Waals surface area contributed by atoms with Gasteiger partial charge in [0.15, 0.2) is 0 Å². The highest BCUT2D eigenvalue weighted by molar-refractivity contribution is 14.1. The first-order chi connectivity index (χ1) is 9.28. The number of rotatable bonds is 6. The highest BCUT2D eigenvalue weighted by Gasteiger charge is 1.96. The zero-order valence-electron chi connectivity index (χ0n) is 11.3. The van der Waals surface area contributed by atoms with Gasteiger partial charge in [0.1, 0.15) is 0 Å². The minimum absolute atomic E-state index is 0.880. The predicted molar refractivity (Wildman–Crippen MR) is 91.5 cm³/mol. The van der Waals surface area contributed by atoms with Crippen molar-refractivity contribution in [3.63, 3.8) is 0 Å². The van der Waals surface area contributed by atoms with E-state index in [0.717, 1.165) is 6.54 Å². The molecule has 0 radical (unpaired) electrons. The molecule has 0 aromatic heterocycles. The summed E-state index contributed by atoms with van der Waals surface area (Å²) in [6, 6.07) is 17.4. The van der Waals surface area contributed by atoms with Gasteiger partial charge < -0.3 is 5.32 Å². The van der Waals surface area contributed by atoms with Gasteiger partial charge in [-0.25, -0.2) is 0 Å². The van der Waals surface area contributed by atoms with E-state index in [1.54, 1.807) is 0 Å². The van der Waals surface area contributed by atoms with Crippen molar-refractivity contribution < 1.29 is 0 Å². The van der Waals surface area contributed by atoms with E-state index in [4.69, 9.17) is 0 Å². The summed E-state index contributed by atoms with van der Waals surface area (Å²) in [7, 11) is 0. The van der Waals surface area contributed by atoms with Gasteiger partial charge in [0, 0.05) is 15.8 Å². The van der Waals surface area contributed by atoms with Crippen molar-refractivity contribution in [3.05, 3.63) is 63.2 Å². The Hall–Kier alpha value is -1.03. The topological polar surface area (TPSA) is 12.0 Å². The third-order valence-electron chi connectivity index (χ3n) is 3.18. The van der Waals surface area contributed by atoms with Crippen molar-refractivity contribution in [2.45, 2.75) is 32.7 Å². The molecule has 2 heteroatoms. The van der Waals surface area contributed by atoms with Crippen molar-refractivity contribution >= 4 is 28.3 Å². The summed E-state index contributed by atoms with van der Waals surface area (Å²) in [5.74, 6) is 0. The van der Waals surface area contributed by atoms with Crippen LogP contribution >= 0.6 is 22.6 Å². The summed E-state index contributed by atoms with van der Waals surface area (Å²) in [4.78, 5) is 0. The van der Waals surface area contributed by atoms with Gasteiger partial charge in [-0.05, 0) is 70.8 Å². The predicted octanol–water partition coefficient (Wildman–Crippen LogP) is 5.25. The van der Waals surface area contributed by atoms with Crippen LogP contribution in [0.3, 0.4) is 0 Å². The van der Waals surface area contributed by atoms with Gasteiger partial charge in [-0.2, -0.15) is 0 Å². The minimum Gasteiger partial charge on any atom is -0.381 e. The molecule has 2 rings (SSSR count). The zero-order chi connectivity index (χ0) is 13.5. The summed E-state index contributed by atoms with van der Waals surface area (Å²) >= 11 is 2.33. The Balaban J connectivity index is 1.87. The molecule has 0 atom stereocenters. The van der Waals surface area contributed by atoms with E-state index in [1.807, 2.05) is 0 Å². The molecule has 0 heterocycles. The summed E-state index contributed by atoms with van der Waals surface area (Å²) in [5.41, 5.74) is 3.94. The van der Waals surface area contributed by atoms with E-state index < -0.39 is 0 Å². The number of aryl methyl sites for hydroxylation is 1. The molecule has 19 heavy (non-hydrogen) atoms. The summed E-state index contributed by atoms with van der Waals surface area (Å²) in [6.45, 7) is 3.11. The second kappa shape index (κ2) is 7.53. The molecule has 0 aliphatic rings. The lowest BCUT2D eigenvalue weighted by atomic mass is 10.1.